The molecule has 0 saturated carbocycles. The normalized spacial score (nSPS) is 13.0. The second-order valence-electron chi connectivity index (χ2n) is 3.74. The third-order valence-corrected chi connectivity index (χ3v) is 3.62. The second kappa shape index (κ2) is 12.8. The zero-order valence-electron chi connectivity index (χ0n) is 11.4. The van der Waals surface area contributed by atoms with Crippen LogP contribution in [0.2, 0.25) is 6.04 Å². The summed E-state index contributed by atoms with van der Waals surface area (Å²) in [5.41, 5.74) is 4.96. The zero-order chi connectivity index (χ0) is 13.6. The Labute approximate surface area is 111 Å². The number of hydrogen-bond donors (Lipinski definition) is 2. The van der Waals surface area contributed by atoms with Crippen molar-refractivity contribution in [1.82, 2.24) is 5.32 Å². The summed E-state index contributed by atoms with van der Waals surface area (Å²) in [5, 5.41) is 2.55. The lowest BCUT2D eigenvalue weighted by molar-refractivity contribution is -0.0899. The van der Waals surface area contributed by atoms with Crippen LogP contribution in [-0.4, -0.2) is 48.4 Å². The Balaban J connectivity index is 3.47. The molecule has 2 amide bonds. The lowest BCUT2D eigenvalue weighted by atomic mass is 10.4. The molecule has 1 unspecified atom stereocenters. The Morgan fingerprint density at radius 2 is 2.17 bits per heavy atom. The first-order chi connectivity index (χ1) is 8.70. The molecule has 0 spiro atoms. The molecule has 0 heterocycles. The predicted molar refractivity (Wildman–Crippen MR) is 73.2 cm³/mol. The van der Waals surface area contributed by atoms with Gasteiger partial charge in [-0.1, -0.05) is 0 Å². The maximum atomic E-state index is 10.4. The number of carbonyl (C=O) groups excluding carboxylic acids is 1. The Bertz CT molecular complexity index is 207. The third kappa shape index (κ3) is 11.8. The van der Waals surface area contributed by atoms with Gasteiger partial charge >= 0.3 is 6.03 Å². The lowest BCUT2D eigenvalue weighted by Gasteiger charge is -2.18. The van der Waals surface area contributed by atoms with Crippen LogP contribution in [0.1, 0.15) is 26.7 Å². The van der Waals surface area contributed by atoms with Crippen LogP contribution in [0.25, 0.3) is 0 Å². The van der Waals surface area contributed by atoms with E-state index in [2.05, 4.69) is 5.32 Å². The number of amides is 2. The van der Waals surface area contributed by atoms with Gasteiger partial charge < -0.3 is 25.0 Å². The molecule has 7 heteroatoms. The molecule has 0 aliphatic heterocycles. The minimum atomic E-state index is -0.608. The molecular formula is C11H26N2O4Si. The summed E-state index contributed by atoms with van der Waals surface area (Å²) < 4.78 is 16.5. The van der Waals surface area contributed by atoms with Crippen LogP contribution < -0.4 is 11.1 Å². The van der Waals surface area contributed by atoms with Gasteiger partial charge in [0.25, 0.3) is 0 Å². The van der Waals surface area contributed by atoms with Crippen LogP contribution in [0.3, 0.4) is 0 Å². The number of hydrogen-bond acceptors (Lipinski definition) is 4. The van der Waals surface area contributed by atoms with Gasteiger partial charge in [-0.15, -0.1) is 0 Å². The summed E-state index contributed by atoms with van der Waals surface area (Å²) in [5.74, 6) is 0. The van der Waals surface area contributed by atoms with Crippen LogP contribution >= 0.6 is 0 Å². The van der Waals surface area contributed by atoms with Crippen molar-refractivity contribution in [3.8, 4) is 0 Å². The van der Waals surface area contributed by atoms with Crippen molar-refractivity contribution in [1.29, 1.82) is 0 Å². The van der Waals surface area contributed by atoms with Gasteiger partial charge in [0.15, 0.2) is 9.76 Å². The van der Waals surface area contributed by atoms with Crippen molar-refractivity contribution in [2.24, 2.45) is 5.73 Å². The summed E-state index contributed by atoms with van der Waals surface area (Å²) in [6.07, 6.45) is 1.53. The number of primary amides is 1. The van der Waals surface area contributed by atoms with Crippen molar-refractivity contribution in [3.05, 3.63) is 0 Å². The van der Waals surface area contributed by atoms with E-state index in [4.69, 9.17) is 19.6 Å². The van der Waals surface area contributed by atoms with Gasteiger partial charge in [-0.3, -0.25) is 0 Å². The van der Waals surface area contributed by atoms with E-state index < -0.39 is 15.8 Å². The van der Waals surface area contributed by atoms with Gasteiger partial charge in [-0.25, -0.2) is 4.79 Å². The topological polar surface area (TPSA) is 82.8 Å². The van der Waals surface area contributed by atoms with E-state index in [1.807, 2.05) is 13.8 Å². The van der Waals surface area contributed by atoms with Crippen LogP contribution in [-0.2, 0) is 13.9 Å². The molecule has 0 aliphatic rings. The largest absolute Gasteiger partial charge is 0.400 e. The van der Waals surface area contributed by atoms with E-state index in [1.165, 1.54) is 0 Å². The number of carbonyl (C=O) groups is 1. The number of urea groups is 1. The number of nitrogens with one attached hydrogen (secondary N) is 1. The first-order valence-electron chi connectivity index (χ1n) is 6.54. The van der Waals surface area contributed by atoms with Crippen molar-refractivity contribution in [2.45, 2.75) is 39.0 Å². The third-order valence-electron chi connectivity index (χ3n) is 2.23. The van der Waals surface area contributed by atoms with Crippen molar-refractivity contribution >= 4 is 15.8 Å². The summed E-state index contributed by atoms with van der Waals surface area (Å²) in [4.78, 5) is 10.4. The molecule has 18 heavy (non-hydrogen) atoms. The maximum Gasteiger partial charge on any atom is 0.312 e. The molecule has 0 aromatic rings. The van der Waals surface area contributed by atoms with Crippen LogP contribution in [0, 0.1) is 0 Å². The molecule has 6 nitrogen and oxygen atoms in total. The van der Waals surface area contributed by atoms with E-state index in [9.17, 15) is 4.79 Å². The first-order valence-corrected chi connectivity index (χ1v) is 8.12. The zero-order valence-corrected chi connectivity index (χ0v) is 12.9. The lowest BCUT2D eigenvalue weighted by Crippen LogP contribution is -2.30. The van der Waals surface area contributed by atoms with Gasteiger partial charge in [0.05, 0.1) is 6.61 Å². The molecule has 3 N–H and O–H groups in total. The van der Waals surface area contributed by atoms with E-state index in [0.29, 0.717) is 19.8 Å². The summed E-state index contributed by atoms with van der Waals surface area (Å²) in [6, 6.07) is 0.528. The van der Waals surface area contributed by atoms with E-state index in [0.717, 1.165) is 25.5 Å². The smallest absolute Gasteiger partial charge is 0.312 e. The van der Waals surface area contributed by atoms with Gasteiger partial charge in [0.1, 0.15) is 6.29 Å². The fourth-order valence-corrected chi connectivity index (χ4v) is 2.52. The Kier molecular flexibility index (Phi) is 12.4. The highest BCUT2D eigenvalue weighted by Gasteiger charge is 2.08. The van der Waals surface area contributed by atoms with Crippen LogP contribution in [0.5, 0.6) is 0 Å². The number of rotatable bonds is 12. The van der Waals surface area contributed by atoms with Gasteiger partial charge in [0, 0.05) is 26.2 Å². The fourth-order valence-electron chi connectivity index (χ4n) is 1.38. The highest BCUT2D eigenvalue weighted by atomic mass is 28.2. The minimum absolute atomic E-state index is 0.141. The van der Waals surface area contributed by atoms with E-state index in [-0.39, 0.29) is 6.29 Å². The molecule has 0 fully saturated rings. The van der Waals surface area contributed by atoms with Gasteiger partial charge in [0.2, 0.25) is 0 Å². The van der Waals surface area contributed by atoms with Crippen LogP contribution in [0.4, 0.5) is 4.79 Å². The average Bonchev–Trinajstić information content (AvgIpc) is 2.33. The van der Waals surface area contributed by atoms with Crippen molar-refractivity contribution < 1.29 is 18.7 Å². The Morgan fingerprint density at radius 3 is 2.78 bits per heavy atom. The minimum Gasteiger partial charge on any atom is -0.400 e. The molecular weight excluding hydrogens is 252 g/mol. The molecule has 108 valence electrons. The monoisotopic (exact) mass is 278 g/mol. The highest BCUT2D eigenvalue weighted by molar-refractivity contribution is 6.27. The molecule has 0 aromatic heterocycles. The average molecular weight is 278 g/mol. The first kappa shape index (κ1) is 17.4. The Morgan fingerprint density at radius 1 is 1.39 bits per heavy atom. The van der Waals surface area contributed by atoms with Gasteiger partial charge in [-0.05, 0) is 26.3 Å². The Hall–Kier alpha value is -0.633. The standard InChI is InChI=1S/C11H26N2O4Si/c1-3-15-8-6-10(16-4-2)17-18-9-5-7-13-11(12)14/h10H,3-9,18H2,1-2H3,(H3,12,13,14). The summed E-state index contributed by atoms with van der Waals surface area (Å²) in [6.45, 7) is 6.57. The van der Waals surface area contributed by atoms with E-state index >= 15 is 0 Å². The second-order valence-corrected chi connectivity index (χ2v) is 5.19. The quantitative estimate of drug-likeness (QED) is 0.307. The van der Waals surface area contributed by atoms with Crippen molar-refractivity contribution in [2.75, 3.05) is 26.4 Å². The molecule has 0 aromatic carbocycles. The molecule has 0 bridgehead atoms. The SMILES string of the molecule is CCOCCC(OCC)O[SiH2]CCCNC(N)=O. The molecule has 0 radical (unpaired) electrons. The molecule has 0 aliphatic carbocycles. The maximum absolute atomic E-state index is 10.4. The fraction of sp³-hybridized carbons (Fsp3) is 0.909. The van der Waals surface area contributed by atoms with Crippen molar-refractivity contribution in [3.63, 3.8) is 0 Å². The van der Waals surface area contributed by atoms with E-state index in [1.54, 1.807) is 0 Å². The molecule has 0 saturated heterocycles. The summed E-state index contributed by atoms with van der Waals surface area (Å²) in [7, 11) is -0.608. The highest BCUT2D eigenvalue weighted by Crippen LogP contribution is 2.02. The molecule has 1 atom stereocenters. The molecule has 0 rings (SSSR count). The number of nitrogens with two attached hydrogens (primary N) is 1. The number of ether oxygens (including phenoxy) is 2. The summed E-state index contributed by atoms with van der Waals surface area (Å²) >= 11 is 0. The predicted octanol–water partition coefficient (Wildman–Crippen LogP) is 0.353. The van der Waals surface area contributed by atoms with Gasteiger partial charge in [-0.2, -0.15) is 0 Å². The van der Waals surface area contributed by atoms with Crippen LogP contribution in [0.15, 0.2) is 0 Å².